The van der Waals surface area contributed by atoms with E-state index in [-0.39, 0.29) is 36.4 Å². The Morgan fingerprint density at radius 3 is 2.27 bits per heavy atom. The van der Waals surface area contributed by atoms with E-state index in [1.807, 2.05) is 44.2 Å². The maximum absolute atomic E-state index is 14.4. The van der Waals surface area contributed by atoms with Gasteiger partial charge in [-0.15, -0.1) is 0 Å². The Morgan fingerprint density at radius 2 is 1.61 bits per heavy atom. The minimum atomic E-state index is -3.93. The topological polar surface area (TPSA) is 105 Å². The van der Waals surface area contributed by atoms with Gasteiger partial charge in [-0.25, -0.2) is 8.42 Å². The van der Waals surface area contributed by atoms with Gasteiger partial charge in [0.25, 0.3) is 0 Å². The molecule has 1 heterocycles. The van der Waals surface area contributed by atoms with Gasteiger partial charge in [0.05, 0.1) is 21.5 Å². The third-order valence-electron chi connectivity index (χ3n) is 7.40. The minimum Gasteiger partial charge on any atom is -0.486 e. The number of hydrogen-bond acceptors (Lipinski definition) is 6. The number of carbonyl (C=O) groups is 2. The van der Waals surface area contributed by atoms with E-state index in [1.165, 1.54) is 11.8 Å². The molecule has 0 saturated carbocycles. The Bertz CT molecular complexity index is 1570. The number of ether oxygens (including phenoxy) is 2. The Kier molecular flexibility index (Phi) is 11.4. The number of nitrogens with zero attached hydrogens (tertiary/aromatic N) is 2. The highest BCUT2D eigenvalue weighted by molar-refractivity contribution is 7.92. The lowest BCUT2D eigenvalue weighted by molar-refractivity contribution is -0.140. The number of nitrogens with one attached hydrogen (secondary N) is 1. The molecule has 0 spiro atoms. The van der Waals surface area contributed by atoms with E-state index in [2.05, 4.69) is 5.32 Å². The Morgan fingerprint density at radius 1 is 0.909 bits per heavy atom. The van der Waals surface area contributed by atoms with Gasteiger partial charge < -0.3 is 19.7 Å². The molecule has 0 unspecified atom stereocenters. The first-order chi connectivity index (χ1) is 21.0. The van der Waals surface area contributed by atoms with Gasteiger partial charge in [0.15, 0.2) is 11.5 Å². The predicted molar refractivity (Wildman–Crippen MR) is 173 cm³/mol. The van der Waals surface area contributed by atoms with Crippen LogP contribution >= 0.6 is 23.2 Å². The molecule has 12 heteroatoms. The van der Waals surface area contributed by atoms with Crippen LogP contribution in [0.2, 0.25) is 10.0 Å². The Labute approximate surface area is 269 Å². The van der Waals surface area contributed by atoms with Crippen LogP contribution in [0.3, 0.4) is 0 Å². The second kappa shape index (κ2) is 15.0. The van der Waals surface area contributed by atoms with Crippen molar-refractivity contribution in [3.05, 3.63) is 87.9 Å². The van der Waals surface area contributed by atoms with Crippen molar-refractivity contribution in [3.8, 4) is 11.5 Å². The summed E-state index contributed by atoms with van der Waals surface area (Å²) in [6.07, 6.45) is 0.901. The Hall–Kier alpha value is -3.47. The number of halogens is 2. The largest absolute Gasteiger partial charge is 0.486 e. The lowest BCUT2D eigenvalue weighted by Crippen LogP contribution is -2.54. The van der Waals surface area contributed by atoms with E-state index in [4.69, 9.17) is 32.7 Å². The second-order valence-corrected chi connectivity index (χ2v) is 13.5. The molecule has 3 aromatic rings. The fraction of sp³-hybridized carbons (Fsp3) is 0.375. The maximum atomic E-state index is 14.4. The monoisotopic (exact) mass is 661 g/mol. The Balaban J connectivity index is 1.77. The third-order valence-corrected chi connectivity index (χ3v) is 9.88. The minimum absolute atomic E-state index is 0.0116. The molecule has 0 bridgehead atoms. The molecular formula is C32H37Cl2N3O6S. The highest BCUT2D eigenvalue weighted by atomic mass is 35.5. The van der Waals surface area contributed by atoms with Crippen LogP contribution in [0, 0.1) is 0 Å². The van der Waals surface area contributed by atoms with Crippen molar-refractivity contribution < 1.29 is 27.5 Å². The molecule has 236 valence electrons. The van der Waals surface area contributed by atoms with E-state index in [9.17, 15) is 18.0 Å². The van der Waals surface area contributed by atoms with Crippen LogP contribution in [0.1, 0.15) is 38.3 Å². The van der Waals surface area contributed by atoms with Crippen molar-refractivity contribution in [2.75, 3.05) is 29.8 Å². The van der Waals surface area contributed by atoms with E-state index in [0.29, 0.717) is 46.7 Å². The molecule has 0 radical (unpaired) electrons. The highest BCUT2D eigenvalue weighted by Gasteiger charge is 2.34. The van der Waals surface area contributed by atoms with Crippen LogP contribution in [0.25, 0.3) is 0 Å². The van der Waals surface area contributed by atoms with E-state index < -0.39 is 28.5 Å². The van der Waals surface area contributed by atoms with Crippen LogP contribution in [0.4, 0.5) is 5.69 Å². The van der Waals surface area contributed by atoms with Crippen molar-refractivity contribution in [1.29, 1.82) is 0 Å². The number of carbonyl (C=O) groups excluding carboxylic acids is 2. The summed E-state index contributed by atoms with van der Waals surface area (Å²) >= 11 is 12.5. The SMILES string of the molecule is CC[C@@H](C)NC(=O)[C@H](Cc1ccccc1)N(Cc1ccc(Cl)c(Cl)c1)C(=O)CN(c1ccc2c(c1)OCCO2)S(=O)(=O)CC. The lowest BCUT2D eigenvalue weighted by atomic mass is 10.0. The fourth-order valence-electron chi connectivity index (χ4n) is 4.74. The van der Waals surface area contributed by atoms with Crippen LogP contribution in [-0.4, -0.2) is 62.7 Å². The van der Waals surface area contributed by atoms with Crippen LogP contribution in [-0.2, 0) is 32.6 Å². The number of hydrogen-bond donors (Lipinski definition) is 1. The standard InChI is InChI=1S/C32H37Cl2N3O6S/c1-4-22(3)35-32(39)28(18-23-9-7-6-8-10-23)36(20-24-11-13-26(33)27(34)17-24)31(38)21-37(44(40,41)5-2)25-12-14-29-30(19-25)43-16-15-42-29/h6-14,17,19,22,28H,4-5,15-16,18,20-21H2,1-3H3,(H,35,39)/t22-,28+/m1/s1. The number of fused-ring (bicyclic) bond motifs is 1. The van der Waals surface area contributed by atoms with Gasteiger partial charge in [-0.3, -0.25) is 13.9 Å². The molecule has 2 atom stereocenters. The first-order valence-electron chi connectivity index (χ1n) is 14.5. The molecule has 0 saturated heterocycles. The number of rotatable bonds is 13. The maximum Gasteiger partial charge on any atom is 0.244 e. The molecule has 4 rings (SSSR count). The van der Waals surface area contributed by atoms with E-state index in [1.54, 1.807) is 36.4 Å². The van der Waals surface area contributed by atoms with Crippen molar-refractivity contribution in [1.82, 2.24) is 10.2 Å². The summed E-state index contributed by atoms with van der Waals surface area (Å²) in [5.74, 6) is -0.279. The second-order valence-electron chi connectivity index (χ2n) is 10.5. The summed E-state index contributed by atoms with van der Waals surface area (Å²) in [5, 5.41) is 3.66. The molecule has 1 aliphatic rings. The molecule has 1 aliphatic heterocycles. The molecule has 0 aromatic heterocycles. The molecule has 9 nitrogen and oxygen atoms in total. The van der Waals surface area contributed by atoms with Gasteiger partial charge in [0.1, 0.15) is 25.8 Å². The summed E-state index contributed by atoms with van der Waals surface area (Å²) in [6, 6.07) is 18.0. The van der Waals surface area contributed by atoms with Gasteiger partial charge in [-0.2, -0.15) is 0 Å². The number of benzene rings is 3. The van der Waals surface area contributed by atoms with E-state index >= 15 is 0 Å². The zero-order chi connectivity index (χ0) is 31.9. The lowest BCUT2D eigenvalue weighted by Gasteiger charge is -2.34. The van der Waals surface area contributed by atoms with Gasteiger partial charge in [-0.1, -0.05) is 66.5 Å². The highest BCUT2D eigenvalue weighted by Crippen LogP contribution is 2.35. The zero-order valence-corrected chi connectivity index (χ0v) is 27.3. The summed E-state index contributed by atoms with van der Waals surface area (Å²) in [5.41, 5.74) is 1.72. The molecule has 0 aliphatic carbocycles. The van der Waals surface area contributed by atoms with Crippen LogP contribution < -0.4 is 19.1 Å². The van der Waals surface area contributed by atoms with Crippen molar-refractivity contribution in [2.45, 2.75) is 52.2 Å². The third kappa shape index (κ3) is 8.37. The summed E-state index contributed by atoms with van der Waals surface area (Å²) in [4.78, 5) is 29.6. The number of sulfonamides is 1. The molecule has 3 aromatic carbocycles. The summed E-state index contributed by atoms with van der Waals surface area (Å²) in [6.45, 7) is 5.50. The zero-order valence-electron chi connectivity index (χ0n) is 25.0. The normalized spacial score (nSPS) is 13.9. The summed E-state index contributed by atoms with van der Waals surface area (Å²) in [7, 11) is -3.93. The average Bonchev–Trinajstić information content (AvgIpc) is 3.03. The van der Waals surface area contributed by atoms with Crippen molar-refractivity contribution >= 4 is 50.7 Å². The molecule has 44 heavy (non-hydrogen) atoms. The van der Waals surface area contributed by atoms with Crippen molar-refractivity contribution in [2.24, 2.45) is 0 Å². The number of anilines is 1. The van der Waals surface area contributed by atoms with Crippen LogP contribution in [0.5, 0.6) is 11.5 Å². The first kappa shape index (κ1) is 33.4. The number of amides is 2. The van der Waals surface area contributed by atoms with Gasteiger partial charge >= 0.3 is 0 Å². The molecule has 0 fully saturated rings. The van der Waals surface area contributed by atoms with Gasteiger partial charge in [0.2, 0.25) is 21.8 Å². The molecular weight excluding hydrogens is 625 g/mol. The van der Waals surface area contributed by atoms with Crippen LogP contribution in [0.15, 0.2) is 66.7 Å². The first-order valence-corrected chi connectivity index (χ1v) is 16.9. The summed E-state index contributed by atoms with van der Waals surface area (Å²) < 4.78 is 39.2. The molecule has 2 amide bonds. The van der Waals surface area contributed by atoms with E-state index in [0.717, 1.165) is 9.87 Å². The molecule has 1 N–H and O–H groups in total. The van der Waals surface area contributed by atoms with Gasteiger partial charge in [0, 0.05) is 25.1 Å². The average molecular weight is 663 g/mol. The quantitative estimate of drug-likeness (QED) is 0.260. The van der Waals surface area contributed by atoms with Crippen molar-refractivity contribution in [3.63, 3.8) is 0 Å². The van der Waals surface area contributed by atoms with Gasteiger partial charge in [-0.05, 0) is 55.7 Å². The predicted octanol–water partition coefficient (Wildman–Crippen LogP) is 5.48. The fourth-order valence-corrected chi connectivity index (χ4v) is 6.11. The smallest absolute Gasteiger partial charge is 0.244 e.